The van der Waals surface area contributed by atoms with E-state index >= 15 is 0 Å². The zero-order valence-electron chi connectivity index (χ0n) is 10.1. The quantitative estimate of drug-likeness (QED) is 0.623. The predicted octanol–water partition coefficient (Wildman–Crippen LogP) is 1.63. The lowest BCUT2D eigenvalue weighted by Crippen LogP contribution is -2.58. The molecule has 0 bridgehead atoms. The lowest BCUT2D eigenvalue weighted by molar-refractivity contribution is -0.191. The average molecular weight is 235 g/mol. The van der Waals surface area contributed by atoms with Crippen LogP contribution in [0.25, 0.3) is 0 Å². The fourth-order valence-electron chi connectivity index (χ4n) is 1.91. The van der Waals surface area contributed by atoms with E-state index in [4.69, 9.17) is 9.47 Å². The van der Waals surface area contributed by atoms with E-state index in [1.54, 1.807) is 6.92 Å². The molecule has 1 saturated heterocycles. The van der Waals surface area contributed by atoms with Crippen LogP contribution < -0.4 is 5.32 Å². The molecule has 3 unspecified atom stereocenters. The molecule has 1 aromatic carbocycles. The van der Waals surface area contributed by atoms with E-state index in [-0.39, 0.29) is 18.2 Å². The molecule has 0 spiro atoms. The molecule has 3 atom stereocenters. The Morgan fingerprint density at radius 2 is 2.06 bits per heavy atom. The van der Waals surface area contributed by atoms with Crippen molar-refractivity contribution in [2.45, 2.75) is 32.3 Å². The van der Waals surface area contributed by atoms with Gasteiger partial charge in [0, 0.05) is 6.61 Å². The predicted molar refractivity (Wildman–Crippen MR) is 63.3 cm³/mol. The molecule has 92 valence electrons. The van der Waals surface area contributed by atoms with Crippen molar-refractivity contribution in [2.24, 2.45) is 0 Å². The van der Waals surface area contributed by atoms with Gasteiger partial charge in [0.05, 0.1) is 6.04 Å². The summed E-state index contributed by atoms with van der Waals surface area (Å²) in [5.74, 6) is -0.0783. The third-order valence-electron chi connectivity index (χ3n) is 2.76. The second-order valence-corrected chi connectivity index (χ2v) is 3.98. The van der Waals surface area contributed by atoms with Gasteiger partial charge in [-0.1, -0.05) is 30.3 Å². The Kier molecular flexibility index (Phi) is 3.76. The van der Waals surface area contributed by atoms with Crippen molar-refractivity contribution >= 4 is 5.91 Å². The summed E-state index contributed by atoms with van der Waals surface area (Å²) < 4.78 is 10.9. The number of β-lactam (4-membered cyclic amide) rings is 1. The largest absolute Gasteiger partial charge is 0.353 e. The van der Waals surface area contributed by atoms with Crippen LogP contribution in [0.5, 0.6) is 0 Å². The van der Waals surface area contributed by atoms with Gasteiger partial charge >= 0.3 is 0 Å². The van der Waals surface area contributed by atoms with Crippen LogP contribution in [-0.2, 0) is 14.3 Å². The van der Waals surface area contributed by atoms with E-state index in [0.717, 1.165) is 5.56 Å². The number of hydrogen-bond acceptors (Lipinski definition) is 3. The van der Waals surface area contributed by atoms with Gasteiger partial charge in [0.2, 0.25) is 0 Å². The zero-order chi connectivity index (χ0) is 12.3. The lowest BCUT2D eigenvalue weighted by atomic mass is 9.94. The number of rotatable bonds is 5. The first-order valence-electron chi connectivity index (χ1n) is 5.84. The monoisotopic (exact) mass is 235 g/mol. The minimum Gasteiger partial charge on any atom is -0.353 e. The van der Waals surface area contributed by atoms with Gasteiger partial charge in [-0.25, -0.2) is 0 Å². The van der Waals surface area contributed by atoms with E-state index in [1.807, 2.05) is 37.3 Å². The standard InChI is InChI=1S/C13H17NO3/c1-3-16-9(2)17-12-11(14-13(12)15)10-7-5-4-6-8-10/h4-9,11-12H,3H2,1-2H3,(H,14,15). The van der Waals surface area contributed by atoms with Crippen LogP contribution in [0.2, 0.25) is 0 Å². The summed E-state index contributed by atoms with van der Waals surface area (Å²) in [5, 5.41) is 2.84. The molecular formula is C13H17NO3. The second kappa shape index (κ2) is 5.29. The van der Waals surface area contributed by atoms with Crippen molar-refractivity contribution in [1.29, 1.82) is 0 Å². The van der Waals surface area contributed by atoms with Crippen LogP contribution in [0.4, 0.5) is 0 Å². The topological polar surface area (TPSA) is 47.6 Å². The number of ether oxygens (including phenoxy) is 2. The van der Waals surface area contributed by atoms with Crippen molar-refractivity contribution in [3.63, 3.8) is 0 Å². The Labute approximate surface area is 101 Å². The molecule has 4 heteroatoms. The second-order valence-electron chi connectivity index (χ2n) is 3.98. The molecule has 1 aliphatic heterocycles. The van der Waals surface area contributed by atoms with Gasteiger partial charge < -0.3 is 14.8 Å². The number of carbonyl (C=O) groups excluding carboxylic acids is 1. The molecule has 1 amide bonds. The van der Waals surface area contributed by atoms with Gasteiger partial charge in [-0.3, -0.25) is 4.79 Å². The molecule has 0 radical (unpaired) electrons. The molecule has 2 rings (SSSR count). The summed E-state index contributed by atoms with van der Waals surface area (Å²) in [7, 11) is 0. The fourth-order valence-corrected chi connectivity index (χ4v) is 1.91. The molecule has 0 aliphatic carbocycles. The van der Waals surface area contributed by atoms with Crippen LogP contribution in [0.3, 0.4) is 0 Å². The SMILES string of the molecule is CCOC(C)OC1C(=O)NC1c1ccccc1. The fraction of sp³-hybridized carbons (Fsp3) is 0.462. The van der Waals surface area contributed by atoms with Crippen molar-refractivity contribution in [2.75, 3.05) is 6.61 Å². The number of carbonyl (C=O) groups is 1. The molecule has 1 aromatic rings. The van der Waals surface area contributed by atoms with Gasteiger partial charge in [0.25, 0.3) is 5.91 Å². The smallest absolute Gasteiger partial charge is 0.252 e. The van der Waals surface area contributed by atoms with Crippen LogP contribution in [0.15, 0.2) is 30.3 Å². The maximum absolute atomic E-state index is 11.5. The summed E-state index contributed by atoms with van der Waals surface area (Å²) in [6.45, 7) is 4.28. The Balaban J connectivity index is 1.99. The molecule has 1 fully saturated rings. The first kappa shape index (κ1) is 12.1. The summed E-state index contributed by atoms with van der Waals surface area (Å²) in [5.41, 5.74) is 1.06. The normalized spacial score (nSPS) is 24.9. The zero-order valence-corrected chi connectivity index (χ0v) is 10.1. The third kappa shape index (κ3) is 2.65. The Morgan fingerprint density at radius 1 is 1.35 bits per heavy atom. The summed E-state index contributed by atoms with van der Waals surface area (Å²) >= 11 is 0. The highest BCUT2D eigenvalue weighted by Crippen LogP contribution is 2.27. The Hall–Kier alpha value is -1.39. The maximum Gasteiger partial charge on any atom is 0.252 e. The molecule has 4 nitrogen and oxygen atoms in total. The third-order valence-corrected chi connectivity index (χ3v) is 2.76. The average Bonchev–Trinajstić information content (AvgIpc) is 2.34. The van der Waals surface area contributed by atoms with Crippen molar-refractivity contribution in [3.8, 4) is 0 Å². The summed E-state index contributed by atoms with van der Waals surface area (Å²) in [6, 6.07) is 9.73. The molecule has 0 saturated carbocycles. The van der Waals surface area contributed by atoms with Gasteiger partial charge in [-0.05, 0) is 19.4 Å². The minimum absolute atomic E-state index is 0.0633. The highest BCUT2D eigenvalue weighted by molar-refractivity contribution is 5.88. The van der Waals surface area contributed by atoms with Gasteiger partial charge in [-0.2, -0.15) is 0 Å². The van der Waals surface area contributed by atoms with E-state index in [1.165, 1.54) is 0 Å². The summed E-state index contributed by atoms with van der Waals surface area (Å²) in [4.78, 5) is 11.5. The highest BCUT2D eigenvalue weighted by Gasteiger charge is 2.42. The highest BCUT2D eigenvalue weighted by atomic mass is 16.7. The van der Waals surface area contributed by atoms with Crippen molar-refractivity contribution in [3.05, 3.63) is 35.9 Å². The molecule has 17 heavy (non-hydrogen) atoms. The van der Waals surface area contributed by atoms with Crippen LogP contribution in [0.1, 0.15) is 25.5 Å². The molecule has 1 aliphatic rings. The summed E-state index contributed by atoms with van der Waals surface area (Å²) in [6.07, 6.45) is -0.804. The van der Waals surface area contributed by atoms with Gasteiger partial charge in [0.15, 0.2) is 12.4 Å². The van der Waals surface area contributed by atoms with Crippen LogP contribution >= 0.6 is 0 Å². The number of amides is 1. The maximum atomic E-state index is 11.5. The van der Waals surface area contributed by atoms with Crippen LogP contribution in [0, 0.1) is 0 Å². The Bertz CT molecular complexity index is 380. The number of hydrogen-bond donors (Lipinski definition) is 1. The molecule has 1 N–H and O–H groups in total. The van der Waals surface area contributed by atoms with Crippen molar-refractivity contribution < 1.29 is 14.3 Å². The lowest BCUT2D eigenvalue weighted by Gasteiger charge is -2.38. The number of nitrogens with one attached hydrogen (secondary N) is 1. The van der Waals surface area contributed by atoms with Gasteiger partial charge in [0.1, 0.15) is 0 Å². The Morgan fingerprint density at radius 3 is 2.65 bits per heavy atom. The van der Waals surface area contributed by atoms with E-state index in [2.05, 4.69) is 5.32 Å². The molecule has 0 aromatic heterocycles. The first-order chi connectivity index (χ1) is 8.22. The van der Waals surface area contributed by atoms with Crippen molar-refractivity contribution in [1.82, 2.24) is 5.32 Å². The van der Waals surface area contributed by atoms with E-state index in [9.17, 15) is 4.79 Å². The van der Waals surface area contributed by atoms with Gasteiger partial charge in [-0.15, -0.1) is 0 Å². The van der Waals surface area contributed by atoms with E-state index in [0.29, 0.717) is 6.61 Å². The van der Waals surface area contributed by atoms with Crippen LogP contribution in [-0.4, -0.2) is 24.9 Å². The number of benzene rings is 1. The molecule has 1 heterocycles. The molecular weight excluding hydrogens is 218 g/mol. The first-order valence-corrected chi connectivity index (χ1v) is 5.84. The minimum atomic E-state index is -0.445. The van der Waals surface area contributed by atoms with E-state index < -0.39 is 6.10 Å².